The average Bonchev–Trinajstić information content (AvgIpc) is 3.27. The Morgan fingerprint density at radius 1 is 1.03 bits per heavy atom. The van der Waals surface area contributed by atoms with Crippen LogP contribution in [0, 0.1) is 0 Å². The van der Waals surface area contributed by atoms with Gasteiger partial charge in [-0.3, -0.25) is 9.59 Å². The Labute approximate surface area is 174 Å². The molecule has 1 aliphatic heterocycles. The minimum atomic E-state index is -0.701. The number of esters is 1. The molecule has 3 rings (SSSR count). The average molecular weight is 410 g/mol. The van der Waals surface area contributed by atoms with E-state index in [2.05, 4.69) is 5.10 Å². The summed E-state index contributed by atoms with van der Waals surface area (Å²) in [5.41, 5.74) is 2.25. The molecule has 8 heteroatoms. The van der Waals surface area contributed by atoms with Gasteiger partial charge in [-0.15, -0.1) is 0 Å². The smallest absolute Gasteiger partial charge is 0.344 e. The maximum absolute atomic E-state index is 12.3. The topological polar surface area (TPSA) is 94.5 Å². The highest BCUT2D eigenvalue weighted by Gasteiger charge is 2.22. The van der Waals surface area contributed by atoms with Gasteiger partial charge in [-0.05, 0) is 30.7 Å². The maximum atomic E-state index is 12.3. The third kappa shape index (κ3) is 5.22. The fourth-order valence-electron chi connectivity index (χ4n) is 2.87. The van der Waals surface area contributed by atoms with Gasteiger partial charge in [0, 0.05) is 12.0 Å². The second-order valence-corrected chi connectivity index (χ2v) is 6.55. The number of hydrogen-bond donors (Lipinski definition) is 0. The molecular weight excluding hydrogens is 388 g/mol. The zero-order valence-electron chi connectivity index (χ0n) is 16.8. The third-order valence-electron chi connectivity index (χ3n) is 4.47. The molecule has 0 N–H and O–H groups in total. The zero-order valence-corrected chi connectivity index (χ0v) is 16.8. The van der Waals surface area contributed by atoms with Gasteiger partial charge in [0.05, 0.1) is 19.4 Å². The van der Waals surface area contributed by atoms with Crippen molar-refractivity contribution in [3.63, 3.8) is 0 Å². The molecule has 0 saturated heterocycles. The molecule has 1 aliphatic rings. The summed E-state index contributed by atoms with van der Waals surface area (Å²) in [5.74, 6) is -0.600. The van der Waals surface area contributed by atoms with Gasteiger partial charge < -0.3 is 14.2 Å². The van der Waals surface area contributed by atoms with Crippen molar-refractivity contribution in [2.75, 3.05) is 26.9 Å². The molecule has 156 valence electrons. The van der Waals surface area contributed by atoms with Crippen LogP contribution in [0.4, 0.5) is 0 Å². The molecule has 0 unspecified atom stereocenters. The van der Waals surface area contributed by atoms with E-state index in [1.165, 1.54) is 31.2 Å². The Balaban J connectivity index is 1.49. The van der Waals surface area contributed by atoms with E-state index in [0.29, 0.717) is 30.0 Å². The molecule has 0 atom stereocenters. The number of methoxy groups -OCH3 is 1. The molecule has 0 aliphatic carbocycles. The number of carbonyl (C=O) groups is 3. The first-order chi connectivity index (χ1) is 14.5. The summed E-state index contributed by atoms with van der Waals surface area (Å²) in [6.07, 6.45) is 0.642. The van der Waals surface area contributed by atoms with Crippen molar-refractivity contribution >= 4 is 23.4 Å². The van der Waals surface area contributed by atoms with Gasteiger partial charge in [-0.25, -0.2) is 9.80 Å². The summed E-state index contributed by atoms with van der Waals surface area (Å²) in [5, 5.41) is 5.61. The standard InChI is InChI=1S/C22H22N2O6/c1-15(25)17-8-9-19(20(12-17)28-2)29-14-22(27)30-13-21(26)24-11-10-18(23-24)16-6-4-3-5-7-16/h3-9,12H,10-11,13-14H2,1-2H3. The quantitative estimate of drug-likeness (QED) is 0.490. The van der Waals surface area contributed by atoms with Crippen LogP contribution in [0.25, 0.3) is 0 Å². The van der Waals surface area contributed by atoms with Crippen LogP contribution < -0.4 is 9.47 Å². The molecule has 30 heavy (non-hydrogen) atoms. The Morgan fingerprint density at radius 2 is 1.80 bits per heavy atom. The number of hydrazone groups is 1. The van der Waals surface area contributed by atoms with Crippen LogP contribution in [0.15, 0.2) is 53.6 Å². The van der Waals surface area contributed by atoms with Crippen molar-refractivity contribution in [2.45, 2.75) is 13.3 Å². The number of rotatable bonds is 8. The molecule has 0 radical (unpaired) electrons. The van der Waals surface area contributed by atoms with Crippen LogP contribution >= 0.6 is 0 Å². The highest BCUT2D eigenvalue weighted by molar-refractivity contribution is 6.02. The lowest BCUT2D eigenvalue weighted by Gasteiger charge is -2.13. The van der Waals surface area contributed by atoms with Gasteiger partial charge in [0.15, 0.2) is 30.5 Å². The normalized spacial score (nSPS) is 12.9. The molecule has 0 saturated carbocycles. The molecule has 8 nitrogen and oxygen atoms in total. The first-order valence-electron chi connectivity index (χ1n) is 9.38. The Morgan fingerprint density at radius 3 is 2.50 bits per heavy atom. The van der Waals surface area contributed by atoms with E-state index >= 15 is 0 Å². The van der Waals surface area contributed by atoms with E-state index in [9.17, 15) is 14.4 Å². The number of hydrogen-bond acceptors (Lipinski definition) is 7. The van der Waals surface area contributed by atoms with E-state index in [1.54, 1.807) is 6.07 Å². The van der Waals surface area contributed by atoms with Gasteiger partial charge in [0.1, 0.15) is 0 Å². The lowest BCUT2D eigenvalue weighted by atomic mass is 10.1. The van der Waals surface area contributed by atoms with E-state index < -0.39 is 25.1 Å². The molecule has 2 aromatic carbocycles. The second kappa shape index (κ2) is 9.69. The van der Waals surface area contributed by atoms with Gasteiger partial charge in [0.25, 0.3) is 5.91 Å². The van der Waals surface area contributed by atoms with Crippen LogP contribution in [-0.2, 0) is 14.3 Å². The zero-order chi connectivity index (χ0) is 21.5. The number of amides is 1. The largest absolute Gasteiger partial charge is 0.493 e. The fraction of sp³-hybridized carbons (Fsp3) is 0.273. The number of Topliss-reactive ketones (excluding diaryl/α,β-unsaturated/α-hetero) is 1. The predicted octanol–water partition coefficient (Wildman–Crippen LogP) is 2.46. The predicted molar refractivity (Wildman–Crippen MR) is 109 cm³/mol. The molecular formula is C22H22N2O6. The van der Waals surface area contributed by atoms with Crippen molar-refractivity contribution in [2.24, 2.45) is 5.10 Å². The number of benzene rings is 2. The van der Waals surface area contributed by atoms with Crippen LogP contribution in [-0.4, -0.2) is 55.2 Å². The van der Waals surface area contributed by atoms with Gasteiger partial charge in [0.2, 0.25) is 0 Å². The summed E-state index contributed by atoms with van der Waals surface area (Å²) in [6.45, 7) is 1.06. The van der Waals surface area contributed by atoms with Crippen molar-refractivity contribution in [3.05, 3.63) is 59.7 Å². The molecule has 1 heterocycles. The van der Waals surface area contributed by atoms with Gasteiger partial charge in [-0.2, -0.15) is 5.10 Å². The Bertz CT molecular complexity index is 971. The summed E-state index contributed by atoms with van der Waals surface area (Å²) in [7, 11) is 1.43. The number of ketones is 1. The molecule has 0 spiro atoms. The second-order valence-electron chi connectivity index (χ2n) is 6.55. The first kappa shape index (κ1) is 21.0. The van der Waals surface area contributed by atoms with Crippen LogP contribution in [0.1, 0.15) is 29.3 Å². The van der Waals surface area contributed by atoms with Crippen LogP contribution in [0.5, 0.6) is 11.5 Å². The van der Waals surface area contributed by atoms with E-state index in [4.69, 9.17) is 14.2 Å². The minimum absolute atomic E-state index is 0.113. The monoisotopic (exact) mass is 410 g/mol. The summed E-state index contributed by atoms with van der Waals surface area (Å²) >= 11 is 0. The van der Waals surface area contributed by atoms with Crippen molar-refractivity contribution < 1.29 is 28.6 Å². The number of nitrogens with zero attached hydrogens (tertiary/aromatic N) is 2. The van der Waals surface area contributed by atoms with E-state index in [0.717, 1.165) is 11.3 Å². The van der Waals surface area contributed by atoms with Crippen LogP contribution in [0.2, 0.25) is 0 Å². The summed E-state index contributed by atoms with van der Waals surface area (Å²) in [6, 6.07) is 14.2. The van der Waals surface area contributed by atoms with Crippen molar-refractivity contribution in [3.8, 4) is 11.5 Å². The summed E-state index contributed by atoms with van der Waals surface area (Å²) in [4.78, 5) is 35.6. The maximum Gasteiger partial charge on any atom is 0.344 e. The number of ether oxygens (including phenoxy) is 3. The van der Waals surface area contributed by atoms with Crippen molar-refractivity contribution in [1.82, 2.24) is 5.01 Å². The van der Waals surface area contributed by atoms with E-state index in [1.807, 2.05) is 30.3 Å². The highest BCUT2D eigenvalue weighted by atomic mass is 16.6. The molecule has 0 aromatic heterocycles. The SMILES string of the molecule is COc1cc(C(C)=O)ccc1OCC(=O)OCC(=O)N1CCC(c2ccccc2)=N1. The lowest BCUT2D eigenvalue weighted by molar-refractivity contribution is -0.153. The lowest BCUT2D eigenvalue weighted by Crippen LogP contribution is -2.29. The minimum Gasteiger partial charge on any atom is -0.493 e. The summed E-state index contributed by atoms with van der Waals surface area (Å²) < 4.78 is 15.6. The first-order valence-corrected chi connectivity index (χ1v) is 9.38. The fourth-order valence-corrected chi connectivity index (χ4v) is 2.87. The highest BCUT2D eigenvalue weighted by Crippen LogP contribution is 2.28. The van der Waals surface area contributed by atoms with Gasteiger partial charge in [-0.1, -0.05) is 30.3 Å². The molecule has 0 fully saturated rings. The molecule has 2 aromatic rings. The Kier molecular flexibility index (Phi) is 6.79. The molecule has 1 amide bonds. The number of carbonyl (C=O) groups excluding carboxylic acids is 3. The Hall–Kier alpha value is -3.68. The third-order valence-corrected chi connectivity index (χ3v) is 4.47. The molecule has 0 bridgehead atoms. The van der Waals surface area contributed by atoms with Gasteiger partial charge >= 0.3 is 5.97 Å². The van der Waals surface area contributed by atoms with Crippen molar-refractivity contribution in [1.29, 1.82) is 0 Å². The van der Waals surface area contributed by atoms with E-state index in [-0.39, 0.29) is 5.78 Å². The van der Waals surface area contributed by atoms with Crippen LogP contribution in [0.3, 0.4) is 0 Å².